The standard InChI is InChI=1S/C17H16FNO2/c18-15-7-3-1-5-12(15)11-21-17(20)9-13-10-19-16-8-4-2-6-14(13)16/h1-8,13,19H,9-11H2. The maximum atomic E-state index is 13.4. The normalized spacial score (nSPS) is 16.1. The lowest BCUT2D eigenvalue weighted by Crippen LogP contribution is -2.12. The van der Waals surface area contributed by atoms with Crippen LogP contribution in [0.1, 0.15) is 23.5 Å². The van der Waals surface area contributed by atoms with Crippen molar-refractivity contribution in [2.24, 2.45) is 0 Å². The van der Waals surface area contributed by atoms with Gasteiger partial charge in [-0.1, -0.05) is 36.4 Å². The van der Waals surface area contributed by atoms with Crippen LogP contribution >= 0.6 is 0 Å². The van der Waals surface area contributed by atoms with Gasteiger partial charge in [-0.2, -0.15) is 0 Å². The third-order valence-electron chi connectivity index (χ3n) is 3.70. The van der Waals surface area contributed by atoms with Gasteiger partial charge in [-0.3, -0.25) is 4.79 Å². The fourth-order valence-corrected chi connectivity index (χ4v) is 2.57. The molecule has 0 saturated heterocycles. The molecule has 2 aromatic rings. The van der Waals surface area contributed by atoms with E-state index in [0.29, 0.717) is 12.0 Å². The quantitative estimate of drug-likeness (QED) is 0.874. The first kappa shape index (κ1) is 13.6. The van der Waals surface area contributed by atoms with Crippen LogP contribution in [-0.2, 0) is 16.1 Å². The summed E-state index contributed by atoms with van der Waals surface area (Å²) in [6.07, 6.45) is 0.304. The summed E-state index contributed by atoms with van der Waals surface area (Å²) in [5, 5.41) is 3.27. The Morgan fingerprint density at radius 2 is 1.95 bits per heavy atom. The van der Waals surface area contributed by atoms with Crippen molar-refractivity contribution < 1.29 is 13.9 Å². The number of esters is 1. The average Bonchev–Trinajstić information content (AvgIpc) is 2.90. The number of fused-ring (bicyclic) bond motifs is 1. The lowest BCUT2D eigenvalue weighted by molar-refractivity contribution is -0.145. The Kier molecular flexibility index (Phi) is 3.86. The Morgan fingerprint density at radius 1 is 1.19 bits per heavy atom. The molecule has 4 heteroatoms. The summed E-state index contributed by atoms with van der Waals surface area (Å²) in [6.45, 7) is 0.710. The van der Waals surface area contributed by atoms with E-state index in [2.05, 4.69) is 5.32 Å². The van der Waals surface area contributed by atoms with Crippen LogP contribution in [0.2, 0.25) is 0 Å². The number of rotatable bonds is 4. The van der Waals surface area contributed by atoms with Crippen LogP contribution in [0.3, 0.4) is 0 Å². The first-order chi connectivity index (χ1) is 10.2. The fourth-order valence-electron chi connectivity index (χ4n) is 2.57. The zero-order valence-electron chi connectivity index (χ0n) is 11.5. The lowest BCUT2D eigenvalue weighted by Gasteiger charge is -2.10. The van der Waals surface area contributed by atoms with E-state index >= 15 is 0 Å². The number of hydrogen-bond acceptors (Lipinski definition) is 3. The number of benzene rings is 2. The molecule has 0 aromatic heterocycles. The van der Waals surface area contributed by atoms with Gasteiger partial charge < -0.3 is 10.1 Å². The summed E-state index contributed by atoms with van der Waals surface area (Å²) in [4.78, 5) is 11.9. The maximum absolute atomic E-state index is 13.4. The molecule has 3 nitrogen and oxygen atoms in total. The Bertz CT molecular complexity index is 657. The van der Waals surface area contributed by atoms with Crippen molar-refractivity contribution in [2.45, 2.75) is 18.9 Å². The van der Waals surface area contributed by atoms with Gasteiger partial charge in [0.05, 0.1) is 6.42 Å². The van der Waals surface area contributed by atoms with Gasteiger partial charge in [-0.05, 0) is 17.7 Å². The maximum Gasteiger partial charge on any atom is 0.306 e. The molecule has 108 valence electrons. The fraction of sp³-hybridized carbons (Fsp3) is 0.235. The highest BCUT2D eigenvalue weighted by Gasteiger charge is 2.24. The highest BCUT2D eigenvalue weighted by atomic mass is 19.1. The van der Waals surface area contributed by atoms with Crippen LogP contribution in [-0.4, -0.2) is 12.5 Å². The second-order valence-corrected chi connectivity index (χ2v) is 5.12. The number of halogens is 1. The molecule has 3 rings (SSSR count). The molecular formula is C17H16FNO2. The van der Waals surface area contributed by atoms with Crippen molar-refractivity contribution in [3.8, 4) is 0 Å². The molecule has 2 aromatic carbocycles. The zero-order valence-corrected chi connectivity index (χ0v) is 11.5. The van der Waals surface area contributed by atoms with Gasteiger partial charge >= 0.3 is 5.97 Å². The minimum atomic E-state index is -0.349. The number of carbonyl (C=O) groups is 1. The van der Waals surface area contributed by atoms with Crippen LogP contribution < -0.4 is 5.32 Å². The van der Waals surface area contributed by atoms with Crippen LogP contribution in [0.5, 0.6) is 0 Å². The molecule has 1 N–H and O–H groups in total. The molecule has 0 bridgehead atoms. The third-order valence-corrected chi connectivity index (χ3v) is 3.70. The minimum Gasteiger partial charge on any atom is -0.461 e. The summed E-state index contributed by atoms with van der Waals surface area (Å²) < 4.78 is 18.6. The van der Waals surface area contributed by atoms with Gasteiger partial charge in [0.2, 0.25) is 0 Å². The van der Waals surface area contributed by atoms with Gasteiger partial charge in [0.1, 0.15) is 12.4 Å². The molecule has 1 atom stereocenters. The molecule has 0 radical (unpaired) electrons. The summed E-state index contributed by atoms with van der Waals surface area (Å²) in [6, 6.07) is 14.3. The molecule has 1 aliphatic heterocycles. The summed E-state index contributed by atoms with van der Waals surface area (Å²) in [5.41, 5.74) is 2.61. The summed E-state index contributed by atoms with van der Waals surface area (Å²) in [5.74, 6) is -0.533. The molecule has 0 spiro atoms. The van der Waals surface area contributed by atoms with Crippen LogP contribution in [0.25, 0.3) is 0 Å². The molecule has 0 aliphatic carbocycles. The van der Waals surface area contributed by atoms with E-state index < -0.39 is 0 Å². The monoisotopic (exact) mass is 285 g/mol. The van der Waals surface area contributed by atoms with Crippen molar-refractivity contribution in [2.75, 3.05) is 11.9 Å². The number of ether oxygens (including phenoxy) is 1. The van der Waals surface area contributed by atoms with Gasteiger partial charge in [-0.25, -0.2) is 4.39 Å². The molecule has 0 amide bonds. The van der Waals surface area contributed by atoms with E-state index in [1.54, 1.807) is 18.2 Å². The van der Waals surface area contributed by atoms with Crippen LogP contribution in [0.15, 0.2) is 48.5 Å². The first-order valence-corrected chi connectivity index (χ1v) is 6.96. The van der Waals surface area contributed by atoms with E-state index in [9.17, 15) is 9.18 Å². The highest BCUT2D eigenvalue weighted by molar-refractivity contribution is 5.72. The second-order valence-electron chi connectivity index (χ2n) is 5.12. The van der Waals surface area contributed by atoms with Gasteiger partial charge in [0.25, 0.3) is 0 Å². The van der Waals surface area contributed by atoms with Crippen molar-refractivity contribution in [1.82, 2.24) is 0 Å². The van der Waals surface area contributed by atoms with Crippen LogP contribution in [0, 0.1) is 5.82 Å². The Labute approximate surface area is 122 Å². The number of carbonyl (C=O) groups excluding carboxylic acids is 1. The molecule has 21 heavy (non-hydrogen) atoms. The number of nitrogens with one attached hydrogen (secondary N) is 1. The van der Waals surface area contributed by atoms with E-state index in [4.69, 9.17) is 4.74 Å². The highest BCUT2D eigenvalue weighted by Crippen LogP contribution is 2.33. The SMILES string of the molecule is O=C(CC1CNc2ccccc21)OCc1ccccc1F. The van der Waals surface area contributed by atoms with Crippen LogP contribution in [0.4, 0.5) is 10.1 Å². The number of hydrogen-bond donors (Lipinski definition) is 1. The van der Waals surface area contributed by atoms with Crippen molar-refractivity contribution >= 4 is 11.7 Å². The number of para-hydroxylation sites is 1. The summed E-state index contributed by atoms with van der Waals surface area (Å²) >= 11 is 0. The van der Waals surface area contributed by atoms with E-state index in [0.717, 1.165) is 17.8 Å². The summed E-state index contributed by atoms with van der Waals surface area (Å²) in [7, 11) is 0. The predicted octanol–water partition coefficient (Wildman–Crippen LogP) is 3.47. The number of anilines is 1. The molecule has 1 unspecified atom stereocenters. The van der Waals surface area contributed by atoms with Crippen molar-refractivity contribution in [1.29, 1.82) is 0 Å². The van der Waals surface area contributed by atoms with Gasteiger partial charge in [0, 0.05) is 23.7 Å². The van der Waals surface area contributed by atoms with E-state index in [1.807, 2.05) is 24.3 Å². The second kappa shape index (κ2) is 5.95. The van der Waals surface area contributed by atoms with E-state index in [1.165, 1.54) is 6.07 Å². The van der Waals surface area contributed by atoms with Crippen molar-refractivity contribution in [3.63, 3.8) is 0 Å². The lowest BCUT2D eigenvalue weighted by atomic mass is 9.98. The molecular weight excluding hydrogens is 269 g/mol. The average molecular weight is 285 g/mol. The molecule has 1 aliphatic rings. The Morgan fingerprint density at radius 3 is 2.81 bits per heavy atom. The minimum absolute atomic E-state index is 0.0205. The predicted molar refractivity (Wildman–Crippen MR) is 78.5 cm³/mol. The van der Waals surface area contributed by atoms with Gasteiger partial charge in [-0.15, -0.1) is 0 Å². The Hall–Kier alpha value is -2.36. The molecule has 1 heterocycles. The van der Waals surface area contributed by atoms with E-state index in [-0.39, 0.29) is 24.3 Å². The Balaban J connectivity index is 1.57. The molecule has 0 fully saturated rings. The third kappa shape index (κ3) is 3.05. The molecule has 0 saturated carbocycles. The van der Waals surface area contributed by atoms with Crippen molar-refractivity contribution in [3.05, 3.63) is 65.5 Å². The largest absolute Gasteiger partial charge is 0.461 e. The topological polar surface area (TPSA) is 38.3 Å². The first-order valence-electron chi connectivity index (χ1n) is 6.96. The smallest absolute Gasteiger partial charge is 0.306 e. The zero-order chi connectivity index (χ0) is 14.7. The van der Waals surface area contributed by atoms with Gasteiger partial charge in [0.15, 0.2) is 0 Å².